The number of carbonyl (C=O) groups excluding carboxylic acids is 2. The summed E-state index contributed by atoms with van der Waals surface area (Å²) in [6.45, 7) is 5.17. The summed E-state index contributed by atoms with van der Waals surface area (Å²) in [6.07, 6.45) is -1.58. The molecule has 1 aliphatic heterocycles. The number of carbonyl (C=O) groups is 2. The Hall–Kier alpha value is -2.32. The van der Waals surface area contributed by atoms with E-state index in [-0.39, 0.29) is 19.4 Å². The Labute approximate surface area is 165 Å². The van der Waals surface area contributed by atoms with E-state index in [1.54, 1.807) is 39.0 Å². The van der Waals surface area contributed by atoms with Gasteiger partial charge in [0.1, 0.15) is 19.5 Å². The van der Waals surface area contributed by atoms with Crippen molar-refractivity contribution in [3.63, 3.8) is 0 Å². The van der Waals surface area contributed by atoms with E-state index in [1.807, 2.05) is 0 Å². The second-order valence-corrected chi connectivity index (χ2v) is 7.48. The third-order valence-electron chi connectivity index (χ3n) is 4.37. The van der Waals surface area contributed by atoms with Gasteiger partial charge in [-0.3, -0.25) is 4.79 Å². The van der Waals surface area contributed by atoms with Crippen molar-refractivity contribution in [1.82, 2.24) is 0 Å². The van der Waals surface area contributed by atoms with Crippen LogP contribution in [0.5, 0.6) is 11.5 Å². The number of benzene rings is 1. The van der Waals surface area contributed by atoms with E-state index in [4.69, 9.17) is 28.4 Å². The fourth-order valence-electron chi connectivity index (χ4n) is 2.85. The molecule has 1 aliphatic rings. The molecule has 0 spiro atoms. The molecule has 1 heterocycles. The number of hydrogen-bond donors (Lipinski definition) is 0. The highest BCUT2D eigenvalue weighted by Gasteiger charge is 2.47. The fourth-order valence-corrected chi connectivity index (χ4v) is 2.85. The quantitative estimate of drug-likeness (QED) is 0.489. The molecule has 0 saturated carbocycles. The van der Waals surface area contributed by atoms with Crippen LogP contribution >= 0.6 is 0 Å². The van der Waals surface area contributed by atoms with Gasteiger partial charge < -0.3 is 28.4 Å². The van der Waals surface area contributed by atoms with Gasteiger partial charge in [0.25, 0.3) is 0 Å². The topological polar surface area (TPSA) is 89.5 Å². The predicted molar refractivity (Wildman–Crippen MR) is 99.0 cm³/mol. The number of rotatable bonds is 8. The third kappa shape index (κ3) is 4.94. The lowest BCUT2D eigenvalue weighted by atomic mass is 9.93. The summed E-state index contributed by atoms with van der Waals surface area (Å²) >= 11 is 0. The lowest BCUT2D eigenvalue weighted by Gasteiger charge is -2.24. The first-order valence-corrected chi connectivity index (χ1v) is 8.93. The van der Waals surface area contributed by atoms with Crippen molar-refractivity contribution >= 4 is 11.9 Å². The normalized spacial score (nSPS) is 21.9. The monoisotopic (exact) mass is 396 g/mol. The van der Waals surface area contributed by atoms with Crippen LogP contribution in [0.1, 0.15) is 32.4 Å². The summed E-state index contributed by atoms with van der Waals surface area (Å²) in [5.41, 5.74) is 0.0249. The predicted octanol–water partition coefficient (Wildman–Crippen LogP) is 2.50. The van der Waals surface area contributed by atoms with E-state index < -0.39 is 29.5 Å². The molecule has 156 valence electrons. The summed E-state index contributed by atoms with van der Waals surface area (Å²) < 4.78 is 32.0. The smallest absolute Gasteiger partial charge is 0.336 e. The molecule has 2 rings (SSSR count). The Balaban J connectivity index is 2.29. The highest BCUT2D eigenvalue weighted by molar-refractivity contribution is 5.78. The maximum Gasteiger partial charge on any atom is 0.336 e. The number of cyclic esters (lactones) is 1. The van der Waals surface area contributed by atoms with E-state index in [2.05, 4.69) is 0 Å². The lowest BCUT2D eigenvalue weighted by molar-refractivity contribution is -0.160. The fraction of sp³-hybridized carbons (Fsp3) is 0.600. The average molecular weight is 396 g/mol. The van der Waals surface area contributed by atoms with E-state index >= 15 is 0 Å². The maximum atomic E-state index is 12.4. The molecule has 28 heavy (non-hydrogen) atoms. The summed E-state index contributed by atoms with van der Waals surface area (Å²) in [5, 5.41) is 0. The van der Waals surface area contributed by atoms with Crippen molar-refractivity contribution in [2.45, 2.75) is 33.0 Å². The summed E-state index contributed by atoms with van der Waals surface area (Å²) in [5.74, 6) is -0.384. The van der Waals surface area contributed by atoms with Gasteiger partial charge >= 0.3 is 11.9 Å². The second-order valence-electron chi connectivity index (χ2n) is 7.48. The zero-order chi connectivity index (χ0) is 20.9. The Morgan fingerprint density at radius 2 is 1.79 bits per heavy atom. The van der Waals surface area contributed by atoms with E-state index in [1.165, 1.54) is 21.3 Å². The molecule has 1 aromatic rings. The van der Waals surface area contributed by atoms with Gasteiger partial charge in [-0.15, -0.1) is 0 Å². The number of methoxy groups -OCH3 is 3. The van der Waals surface area contributed by atoms with Crippen LogP contribution in [0.25, 0.3) is 0 Å². The molecule has 0 unspecified atom stereocenters. The minimum atomic E-state index is -0.911. The average Bonchev–Trinajstić information content (AvgIpc) is 2.98. The van der Waals surface area contributed by atoms with Gasteiger partial charge in [-0.2, -0.15) is 0 Å². The van der Waals surface area contributed by atoms with Gasteiger partial charge in [-0.05, 0) is 38.5 Å². The van der Waals surface area contributed by atoms with Gasteiger partial charge in [-0.1, -0.05) is 6.07 Å². The molecule has 1 saturated heterocycles. The van der Waals surface area contributed by atoms with Crippen LogP contribution in [-0.2, 0) is 28.5 Å². The first kappa shape index (κ1) is 22.0. The number of esters is 2. The van der Waals surface area contributed by atoms with Gasteiger partial charge in [0.05, 0.1) is 25.6 Å². The molecular weight excluding hydrogens is 368 g/mol. The molecule has 0 N–H and O–H groups in total. The highest BCUT2D eigenvalue weighted by Crippen LogP contribution is 2.40. The molecule has 1 aromatic carbocycles. The molecule has 8 heteroatoms. The first-order chi connectivity index (χ1) is 13.2. The van der Waals surface area contributed by atoms with Crippen LogP contribution in [0.2, 0.25) is 0 Å². The minimum absolute atomic E-state index is 0.0325. The molecule has 0 amide bonds. The SMILES string of the molecule is COCO[C@@H]1C(=O)O[C@@H](c2ccc(OC)c(OC)c2)[C@H]1COC(=O)C(C)(C)C. The molecule has 3 atom stereocenters. The van der Waals surface area contributed by atoms with Crippen molar-refractivity contribution in [1.29, 1.82) is 0 Å². The van der Waals surface area contributed by atoms with Crippen molar-refractivity contribution in [2.24, 2.45) is 11.3 Å². The standard InChI is InChI=1S/C20H28O8/c1-20(2,3)19(22)26-10-13-16(28-18(21)17(13)27-11-23-4)12-7-8-14(24-5)15(9-12)25-6/h7-9,13,16-17H,10-11H2,1-6H3/t13-,16+,17+/m1/s1. The first-order valence-electron chi connectivity index (χ1n) is 8.93. The molecule has 1 fully saturated rings. The Kier molecular flexibility index (Phi) is 7.26. The van der Waals surface area contributed by atoms with Crippen molar-refractivity contribution in [2.75, 3.05) is 34.7 Å². The van der Waals surface area contributed by atoms with Crippen LogP contribution < -0.4 is 9.47 Å². The van der Waals surface area contributed by atoms with Gasteiger partial charge in [0.15, 0.2) is 17.6 Å². The molecule has 0 bridgehead atoms. The van der Waals surface area contributed by atoms with Gasteiger partial charge in [0, 0.05) is 7.11 Å². The summed E-state index contributed by atoms with van der Waals surface area (Å²) in [4.78, 5) is 24.6. The van der Waals surface area contributed by atoms with Crippen LogP contribution in [0.4, 0.5) is 0 Å². The maximum absolute atomic E-state index is 12.4. The van der Waals surface area contributed by atoms with Crippen LogP contribution in [-0.4, -0.2) is 52.8 Å². The van der Waals surface area contributed by atoms with E-state index in [0.717, 1.165) is 0 Å². The summed E-state index contributed by atoms with van der Waals surface area (Å²) in [7, 11) is 4.52. The van der Waals surface area contributed by atoms with Crippen molar-refractivity contribution in [3.05, 3.63) is 23.8 Å². The molecule has 0 radical (unpaired) electrons. The second kappa shape index (κ2) is 9.25. The van der Waals surface area contributed by atoms with E-state index in [9.17, 15) is 9.59 Å². The Bertz CT molecular complexity index is 694. The molecule has 0 aromatic heterocycles. The zero-order valence-electron chi connectivity index (χ0n) is 17.1. The minimum Gasteiger partial charge on any atom is -0.493 e. The number of hydrogen-bond acceptors (Lipinski definition) is 8. The third-order valence-corrected chi connectivity index (χ3v) is 4.37. The van der Waals surface area contributed by atoms with Gasteiger partial charge in [0.2, 0.25) is 0 Å². The van der Waals surface area contributed by atoms with Crippen molar-refractivity contribution < 1.29 is 38.0 Å². The van der Waals surface area contributed by atoms with Crippen LogP contribution in [0.3, 0.4) is 0 Å². The van der Waals surface area contributed by atoms with Crippen LogP contribution in [0, 0.1) is 11.3 Å². The number of ether oxygens (including phenoxy) is 6. The lowest BCUT2D eigenvalue weighted by Crippen LogP contribution is -2.33. The van der Waals surface area contributed by atoms with Crippen molar-refractivity contribution in [3.8, 4) is 11.5 Å². The molecule has 0 aliphatic carbocycles. The largest absolute Gasteiger partial charge is 0.493 e. The highest BCUT2D eigenvalue weighted by atomic mass is 16.7. The van der Waals surface area contributed by atoms with E-state index in [0.29, 0.717) is 17.1 Å². The molecule has 8 nitrogen and oxygen atoms in total. The Morgan fingerprint density at radius 3 is 2.36 bits per heavy atom. The summed E-state index contributed by atoms with van der Waals surface area (Å²) in [6, 6.07) is 5.23. The van der Waals surface area contributed by atoms with Gasteiger partial charge in [-0.25, -0.2) is 4.79 Å². The molecular formula is C20H28O8. The van der Waals surface area contributed by atoms with Crippen LogP contribution in [0.15, 0.2) is 18.2 Å². The zero-order valence-corrected chi connectivity index (χ0v) is 17.1. The Morgan fingerprint density at radius 1 is 1.11 bits per heavy atom.